The molecular formula is C9H9ClO2. The van der Waals surface area contributed by atoms with Gasteiger partial charge in [0.25, 0.3) is 6.47 Å². The maximum Gasteiger partial charge on any atom is 0.293 e. The summed E-state index contributed by atoms with van der Waals surface area (Å²) in [5.74, 6) is 0. The van der Waals surface area contributed by atoms with Gasteiger partial charge in [-0.15, -0.1) is 0 Å². The van der Waals surface area contributed by atoms with E-state index in [0.717, 1.165) is 5.56 Å². The molecule has 2 nitrogen and oxygen atoms in total. The van der Waals surface area contributed by atoms with Gasteiger partial charge >= 0.3 is 0 Å². The van der Waals surface area contributed by atoms with Crippen LogP contribution < -0.4 is 0 Å². The van der Waals surface area contributed by atoms with E-state index in [1.807, 2.05) is 18.2 Å². The van der Waals surface area contributed by atoms with Gasteiger partial charge in [0.1, 0.15) is 6.10 Å². The van der Waals surface area contributed by atoms with E-state index >= 15 is 0 Å². The molecule has 1 rings (SSSR count). The molecule has 0 N–H and O–H groups in total. The zero-order chi connectivity index (χ0) is 8.97. The molecule has 64 valence electrons. The molecule has 0 saturated carbocycles. The first-order chi connectivity index (χ1) is 5.75. The predicted octanol–water partition coefficient (Wildman–Crippen LogP) is 2.57. The second kappa shape index (κ2) is 4.12. The Morgan fingerprint density at radius 3 is 2.75 bits per heavy atom. The molecule has 0 bridgehead atoms. The molecule has 0 aliphatic rings. The SMILES string of the molecule is C[C@@H](OC=O)c1ccccc1Cl. The van der Waals surface area contributed by atoms with Gasteiger partial charge in [0.2, 0.25) is 0 Å². The van der Waals surface area contributed by atoms with Crippen molar-refractivity contribution in [2.24, 2.45) is 0 Å². The van der Waals surface area contributed by atoms with E-state index in [1.54, 1.807) is 13.0 Å². The summed E-state index contributed by atoms with van der Waals surface area (Å²) in [7, 11) is 0. The minimum absolute atomic E-state index is 0.281. The molecule has 1 atom stereocenters. The summed E-state index contributed by atoms with van der Waals surface area (Å²) in [5, 5.41) is 0.617. The molecule has 0 radical (unpaired) electrons. The highest BCUT2D eigenvalue weighted by Gasteiger charge is 2.08. The molecule has 0 spiro atoms. The van der Waals surface area contributed by atoms with Crippen LogP contribution in [0.5, 0.6) is 0 Å². The zero-order valence-electron chi connectivity index (χ0n) is 6.66. The van der Waals surface area contributed by atoms with Gasteiger partial charge in [0.15, 0.2) is 0 Å². The average Bonchev–Trinajstić information content (AvgIpc) is 2.05. The lowest BCUT2D eigenvalue weighted by molar-refractivity contribution is -0.133. The summed E-state index contributed by atoms with van der Waals surface area (Å²) in [6, 6.07) is 7.28. The molecule has 1 aromatic rings. The molecule has 3 heteroatoms. The van der Waals surface area contributed by atoms with Crippen molar-refractivity contribution < 1.29 is 9.53 Å². The molecule has 0 aliphatic heterocycles. The van der Waals surface area contributed by atoms with E-state index in [0.29, 0.717) is 11.5 Å². The lowest BCUT2D eigenvalue weighted by atomic mass is 10.1. The van der Waals surface area contributed by atoms with E-state index in [9.17, 15) is 4.79 Å². The van der Waals surface area contributed by atoms with Crippen LogP contribution in [0.2, 0.25) is 5.02 Å². The Morgan fingerprint density at radius 1 is 1.50 bits per heavy atom. The van der Waals surface area contributed by atoms with Crippen LogP contribution in [0.15, 0.2) is 24.3 Å². The number of ether oxygens (including phenoxy) is 1. The van der Waals surface area contributed by atoms with Crippen molar-refractivity contribution >= 4 is 18.1 Å². The number of rotatable bonds is 3. The lowest BCUT2D eigenvalue weighted by Crippen LogP contribution is -1.98. The van der Waals surface area contributed by atoms with Gasteiger partial charge in [-0.3, -0.25) is 4.79 Å². The summed E-state index contributed by atoms with van der Waals surface area (Å²) in [5.41, 5.74) is 0.825. The third kappa shape index (κ3) is 1.98. The van der Waals surface area contributed by atoms with Gasteiger partial charge < -0.3 is 4.74 Å². The highest BCUT2D eigenvalue weighted by molar-refractivity contribution is 6.31. The first-order valence-electron chi connectivity index (χ1n) is 3.59. The Hall–Kier alpha value is -1.02. The zero-order valence-corrected chi connectivity index (χ0v) is 7.41. The molecule has 0 heterocycles. The number of benzene rings is 1. The molecule has 0 aliphatic carbocycles. The fourth-order valence-corrected chi connectivity index (χ4v) is 1.25. The van der Waals surface area contributed by atoms with Crippen LogP contribution in [-0.4, -0.2) is 6.47 Å². The van der Waals surface area contributed by atoms with Gasteiger partial charge in [0.05, 0.1) is 0 Å². The topological polar surface area (TPSA) is 26.3 Å². The van der Waals surface area contributed by atoms with E-state index < -0.39 is 0 Å². The van der Waals surface area contributed by atoms with Crippen LogP contribution in [0.3, 0.4) is 0 Å². The van der Waals surface area contributed by atoms with Gasteiger partial charge in [0, 0.05) is 10.6 Å². The summed E-state index contributed by atoms with van der Waals surface area (Å²) in [6.07, 6.45) is -0.281. The van der Waals surface area contributed by atoms with E-state index in [-0.39, 0.29) is 6.10 Å². The molecule has 0 saturated heterocycles. The van der Waals surface area contributed by atoms with Crippen LogP contribution in [-0.2, 0) is 9.53 Å². The van der Waals surface area contributed by atoms with Crippen LogP contribution >= 0.6 is 11.6 Å². The fourth-order valence-electron chi connectivity index (χ4n) is 0.961. The van der Waals surface area contributed by atoms with Crippen LogP contribution in [0.1, 0.15) is 18.6 Å². The number of hydrogen-bond donors (Lipinski definition) is 0. The summed E-state index contributed by atoms with van der Waals surface area (Å²) < 4.78 is 4.74. The van der Waals surface area contributed by atoms with Crippen molar-refractivity contribution in [3.63, 3.8) is 0 Å². The minimum atomic E-state index is -0.281. The largest absolute Gasteiger partial charge is 0.460 e. The maximum atomic E-state index is 10.0. The number of carbonyl (C=O) groups is 1. The average molecular weight is 185 g/mol. The van der Waals surface area contributed by atoms with Gasteiger partial charge in [-0.1, -0.05) is 29.8 Å². The monoisotopic (exact) mass is 184 g/mol. The highest BCUT2D eigenvalue weighted by atomic mass is 35.5. The van der Waals surface area contributed by atoms with Crippen LogP contribution in [0.4, 0.5) is 0 Å². The van der Waals surface area contributed by atoms with E-state index in [1.165, 1.54) is 0 Å². The van der Waals surface area contributed by atoms with Crippen LogP contribution in [0.25, 0.3) is 0 Å². The Morgan fingerprint density at radius 2 is 2.17 bits per heavy atom. The maximum absolute atomic E-state index is 10.0. The Labute approximate surface area is 76.1 Å². The standard InChI is InChI=1S/C9H9ClO2/c1-7(12-6-11)8-4-2-3-5-9(8)10/h2-7H,1H3/t7-/m1/s1. The smallest absolute Gasteiger partial charge is 0.293 e. The van der Waals surface area contributed by atoms with E-state index in [4.69, 9.17) is 16.3 Å². The van der Waals surface area contributed by atoms with Crippen molar-refractivity contribution in [1.82, 2.24) is 0 Å². The van der Waals surface area contributed by atoms with Crippen molar-refractivity contribution in [3.05, 3.63) is 34.9 Å². The predicted molar refractivity (Wildman–Crippen MR) is 47.0 cm³/mol. The highest BCUT2D eigenvalue weighted by Crippen LogP contribution is 2.23. The van der Waals surface area contributed by atoms with Gasteiger partial charge in [-0.05, 0) is 13.0 Å². The van der Waals surface area contributed by atoms with E-state index in [2.05, 4.69) is 0 Å². The molecule has 0 aromatic heterocycles. The Bertz CT molecular complexity index is 273. The molecule has 0 amide bonds. The second-order valence-corrected chi connectivity index (χ2v) is 2.80. The molecule has 1 aromatic carbocycles. The summed E-state index contributed by atoms with van der Waals surface area (Å²) in [6.45, 7) is 2.20. The van der Waals surface area contributed by atoms with Crippen molar-refractivity contribution in [2.45, 2.75) is 13.0 Å². The second-order valence-electron chi connectivity index (χ2n) is 2.40. The van der Waals surface area contributed by atoms with Crippen molar-refractivity contribution in [3.8, 4) is 0 Å². The van der Waals surface area contributed by atoms with Crippen molar-refractivity contribution in [1.29, 1.82) is 0 Å². The van der Waals surface area contributed by atoms with Gasteiger partial charge in [-0.25, -0.2) is 0 Å². The number of carbonyl (C=O) groups excluding carboxylic acids is 1. The summed E-state index contributed by atoms with van der Waals surface area (Å²) in [4.78, 5) is 10.0. The third-order valence-electron chi connectivity index (χ3n) is 1.60. The molecular weight excluding hydrogens is 176 g/mol. The minimum Gasteiger partial charge on any atom is -0.460 e. The first-order valence-corrected chi connectivity index (χ1v) is 3.97. The summed E-state index contributed by atoms with van der Waals surface area (Å²) >= 11 is 5.86. The molecule has 12 heavy (non-hydrogen) atoms. The molecule has 0 fully saturated rings. The normalized spacial score (nSPS) is 12.2. The lowest BCUT2D eigenvalue weighted by Gasteiger charge is -2.10. The van der Waals surface area contributed by atoms with Gasteiger partial charge in [-0.2, -0.15) is 0 Å². The Kier molecular flexibility index (Phi) is 3.11. The van der Waals surface area contributed by atoms with Crippen LogP contribution in [0, 0.1) is 0 Å². The van der Waals surface area contributed by atoms with Crippen molar-refractivity contribution in [2.75, 3.05) is 0 Å². The third-order valence-corrected chi connectivity index (χ3v) is 1.95. The number of hydrogen-bond acceptors (Lipinski definition) is 2. The number of halogens is 1. The quantitative estimate of drug-likeness (QED) is 0.675. The molecule has 0 unspecified atom stereocenters. The Balaban J connectivity index is 2.86. The fraction of sp³-hybridized carbons (Fsp3) is 0.222. The first kappa shape index (κ1) is 9.07.